The van der Waals surface area contributed by atoms with Gasteiger partial charge in [0.15, 0.2) is 5.78 Å². The van der Waals surface area contributed by atoms with Gasteiger partial charge >= 0.3 is 0 Å². The van der Waals surface area contributed by atoms with Crippen molar-refractivity contribution in [3.63, 3.8) is 0 Å². The molecule has 0 amide bonds. The van der Waals surface area contributed by atoms with E-state index in [1.807, 2.05) is 14.0 Å². The first-order valence-electron chi connectivity index (χ1n) is 6.21. The lowest BCUT2D eigenvalue weighted by Gasteiger charge is -2.03. The Labute approximate surface area is 108 Å². The van der Waals surface area contributed by atoms with E-state index in [1.165, 1.54) is 11.1 Å². The van der Waals surface area contributed by atoms with Gasteiger partial charge in [-0.2, -0.15) is 0 Å². The van der Waals surface area contributed by atoms with Gasteiger partial charge in [0.05, 0.1) is 6.54 Å². The van der Waals surface area contributed by atoms with Crippen LogP contribution in [0, 0.1) is 20.8 Å². The Morgan fingerprint density at radius 3 is 2.56 bits per heavy atom. The first-order chi connectivity index (χ1) is 8.47. The minimum Gasteiger partial charge on any atom is -0.347 e. The Morgan fingerprint density at radius 2 is 1.94 bits per heavy atom. The summed E-state index contributed by atoms with van der Waals surface area (Å²) in [5.74, 6) is 0.160. The van der Waals surface area contributed by atoms with Crippen LogP contribution in [0.4, 0.5) is 0 Å². The van der Waals surface area contributed by atoms with Crippen molar-refractivity contribution >= 4 is 16.7 Å². The summed E-state index contributed by atoms with van der Waals surface area (Å²) >= 11 is 0. The van der Waals surface area contributed by atoms with E-state index in [0.717, 1.165) is 22.2 Å². The molecule has 0 bridgehead atoms. The minimum absolute atomic E-state index is 0.160. The molecule has 0 atom stereocenters. The quantitative estimate of drug-likeness (QED) is 0.842. The van der Waals surface area contributed by atoms with Gasteiger partial charge in [-0.15, -0.1) is 0 Å². The number of aromatic nitrogens is 1. The zero-order valence-electron chi connectivity index (χ0n) is 11.7. The molecule has 0 radical (unpaired) electrons. The molecule has 3 heteroatoms. The summed E-state index contributed by atoms with van der Waals surface area (Å²) in [4.78, 5) is 12.3. The Balaban J connectivity index is 2.81. The van der Waals surface area contributed by atoms with Crippen LogP contribution in [0.2, 0.25) is 0 Å². The summed E-state index contributed by atoms with van der Waals surface area (Å²) in [6.07, 6.45) is 0. The summed E-state index contributed by atoms with van der Waals surface area (Å²) in [6, 6.07) is 4.28. The van der Waals surface area contributed by atoms with Crippen molar-refractivity contribution in [2.24, 2.45) is 7.05 Å². The van der Waals surface area contributed by atoms with Crippen LogP contribution in [-0.2, 0) is 7.05 Å². The van der Waals surface area contributed by atoms with Gasteiger partial charge in [0.2, 0.25) is 0 Å². The Hall–Kier alpha value is -1.61. The topological polar surface area (TPSA) is 34.0 Å². The second kappa shape index (κ2) is 4.58. The Morgan fingerprint density at radius 1 is 1.28 bits per heavy atom. The first-order valence-corrected chi connectivity index (χ1v) is 6.21. The van der Waals surface area contributed by atoms with Crippen molar-refractivity contribution < 1.29 is 4.79 Å². The molecule has 1 heterocycles. The number of Topliss-reactive ketones (excluding diaryl/α,β-unsaturated/α-hetero) is 1. The monoisotopic (exact) mass is 244 g/mol. The Kier molecular flexibility index (Phi) is 3.26. The second-order valence-corrected chi connectivity index (χ2v) is 4.95. The number of likely N-dealkylation sites (N-methyl/N-ethyl adjacent to an activating group) is 1. The third kappa shape index (κ3) is 1.85. The molecule has 0 aliphatic carbocycles. The van der Waals surface area contributed by atoms with Gasteiger partial charge in [-0.25, -0.2) is 0 Å². The van der Waals surface area contributed by atoms with Crippen molar-refractivity contribution in [2.45, 2.75) is 20.8 Å². The molecule has 96 valence electrons. The molecule has 0 unspecified atom stereocenters. The number of hydrogen-bond donors (Lipinski definition) is 1. The highest BCUT2D eigenvalue weighted by atomic mass is 16.1. The maximum absolute atomic E-state index is 12.3. The van der Waals surface area contributed by atoms with E-state index in [2.05, 4.69) is 35.9 Å². The maximum Gasteiger partial charge on any atom is 0.179 e. The van der Waals surface area contributed by atoms with Crippen molar-refractivity contribution in [3.8, 4) is 0 Å². The zero-order valence-corrected chi connectivity index (χ0v) is 11.7. The molecule has 18 heavy (non-hydrogen) atoms. The van der Waals surface area contributed by atoms with Gasteiger partial charge < -0.3 is 9.88 Å². The van der Waals surface area contributed by atoms with Gasteiger partial charge in [-0.3, -0.25) is 4.79 Å². The number of carbonyl (C=O) groups excluding carboxylic acids is 1. The van der Waals surface area contributed by atoms with E-state index < -0.39 is 0 Å². The van der Waals surface area contributed by atoms with Crippen molar-refractivity contribution in [3.05, 3.63) is 34.5 Å². The number of benzene rings is 1. The fourth-order valence-corrected chi connectivity index (χ4v) is 2.65. The molecule has 2 aromatic rings. The molecular formula is C15H20N2O. The molecule has 0 fully saturated rings. The van der Waals surface area contributed by atoms with E-state index >= 15 is 0 Å². The molecule has 0 saturated carbocycles. The van der Waals surface area contributed by atoms with Crippen LogP contribution in [0.3, 0.4) is 0 Å². The lowest BCUT2D eigenvalue weighted by molar-refractivity contribution is 0.0994. The lowest BCUT2D eigenvalue weighted by Crippen LogP contribution is -2.19. The summed E-state index contributed by atoms with van der Waals surface area (Å²) in [5.41, 5.74) is 5.45. The Bertz CT molecular complexity index is 623. The second-order valence-electron chi connectivity index (χ2n) is 4.95. The number of nitrogens with zero attached hydrogens (tertiary/aromatic N) is 1. The third-order valence-electron chi connectivity index (χ3n) is 3.55. The number of carbonyl (C=O) groups is 1. The molecule has 3 nitrogen and oxygen atoms in total. The minimum atomic E-state index is 0.160. The van der Waals surface area contributed by atoms with Crippen molar-refractivity contribution in [2.75, 3.05) is 13.6 Å². The highest BCUT2D eigenvalue weighted by Gasteiger charge is 2.19. The molecule has 1 aromatic carbocycles. The van der Waals surface area contributed by atoms with Crippen LogP contribution in [0.1, 0.15) is 27.2 Å². The van der Waals surface area contributed by atoms with Gasteiger partial charge in [-0.05, 0) is 45.0 Å². The van der Waals surface area contributed by atoms with E-state index in [4.69, 9.17) is 0 Å². The summed E-state index contributed by atoms with van der Waals surface area (Å²) in [6.45, 7) is 6.56. The predicted octanol–water partition coefficient (Wildman–Crippen LogP) is 2.51. The maximum atomic E-state index is 12.3. The summed E-state index contributed by atoms with van der Waals surface area (Å²) in [5, 5.41) is 4.04. The van der Waals surface area contributed by atoms with E-state index in [-0.39, 0.29) is 5.78 Å². The third-order valence-corrected chi connectivity index (χ3v) is 3.55. The van der Waals surface area contributed by atoms with Crippen LogP contribution in [-0.4, -0.2) is 23.9 Å². The van der Waals surface area contributed by atoms with Gasteiger partial charge in [0, 0.05) is 29.2 Å². The predicted molar refractivity (Wildman–Crippen MR) is 75.4 cm³/mol. The van der Waals surface area contributed by atoms with Gasteiger partial charge in [0.25, 0.3) is 0 Å². The van der Waals surface area contributed by atoms with E-state index in [0.29, 0.717) is 6.54 Å². The largest absolute Gasteiger partial charge is 0.347 e. The molecule has 1 N–H and O–H groups in total. The van der Waals surface area contributed by atoms with Crippen LogP contribution < -0.4 is 5.32 Å². The molecular weight excluding hydrogens is 224 g/mol. The standard InChI is InChI=1S/C15H20N2O/c1-9-6-10(2)14-12(7-9)17(5)11(3)15(14)13(18)8-16-4/h6-7,16H,8H2,1-5H3. The molecule has 0 aliphatic heterocycles. The highest BCUT2D eigenvalue weighted by Crippen LogP contribution is 2.29. The van der Waals surface area contributed by atoms with E-state index in [1.54, 1.807) is 7.05 Å². The summed E-state index contributed by atoms with van der Waals surface area (Å²) < 4.78 is 2.11. The number of nitrogens with one attached hydrogen (secondary N) is 1. The van der Waals surface area contributed by atoms with Crippen LogP contribution in [0.25, 0.3) is 10.9 Å². The molecule has 0 aliphatic rings. The number of ketones is 1. The zero-order chi connectivity index (χ0) is 13.4. The fourth-order valence-electron chi connectivity index (χ4n) is 2.65. The number of hydrogen-bond acceptors (Lipinski definition) is 2. The highest BCUT2D eigenvalue weighted by molar-refractivity contribution is 6.11. The fraction of sp³-hybridized carbons (Fsp3) is 0.400. The number of fused-ring (bicyclic) bond motifs is 1. The van der Waals surface area contributed by atoms with E-state index in [9.17, 15) is 4.79 Å². The van der Waals surface area contributed by atoms with Crippen molar-refractivity contribution in [1.82, 2.24) is 9.88 Å². The average molecular weight is 244 g/mol. The van der Waals surface area contributed by atoms with Crippen LogP contribution >= 0.6 is 0 Å². The SMILES string of the molecule is CNCC(=O)c1c(C)n(C)c2cc(C)cc(C)c12. The summed E-state index contributed by atoms with van der Waals surface area (Å²) in [7, 11) is 3.82. The first kappa shape index (κ1) is 12.8. The normalized spacial score (nSPS) is 11.2. The molecule has 1 aromatic heterocycles. The molecule has 2 rings (SSSR count). The van der Waals surface area contributed by atoms with Crippen LogP contribution in [0.5, 0.6) is 0 Å². The number of rotatable bonds is 3. The lowest BCUT2D eigenvalue weighted by atomic mass is 10.0. The average Bonchev–Trinajstić information content (AvgIpc) is 2.54. The number of aryl methyl sites for hydroxylation is 3. The van der Waals surface area contributed by atoms with Gasteiger partial charge in [-0.1, -0.05) is 6.07 Å². The van der Waals surface area contributed by atoms with Crippen molar-refractivity contribution in [1.29, 1.82) is 0 Å². The van der Waals surface area contributed by atoms with Crippen LogP contribution in [0.15, 0.2) is 12.1 Å². The molecule has 0 spiro atoms. The molecule has 0 saturated heterocycles. The van der Waals surface area contributed by atoms with Gasteiger partial charge in [0.1, 0.15) is 0 Å². The smallest absolute Gasteiger partial charge is 0.179 e.